The van der Waals surface area contributed by atoms with E-state index >= 15 is 0 Å². The molecule has 0 saturated heterocycles. The van der Waals surface area contributed by atoms with Crippen molar-refractivity contribution in [2.75, 3.05) is 0 Å². The van der Waals surface area contributed by atoms with E-state index in [1.807, 2.05) is 44.2 Å². The second-order valence-corrected chi connectivity index (χ2v) is 3.57. The smallest absolute Gasteiger partial charge is 0.0284 e. The summed E-state index contributed by atoms with van der Waals surface area (Å²) in [6.07, 6.45) is 4.04. The Morgan fingerprint density at radius 3 is 2.15 bits per heavy atom. The summed E-state index contributed by atoms with van der Waals surface area (Å²) in [5, 5.41) is 0. The number of hydrogen-bond donors (Lipinski definition) is 1. The maximum Gasteiger partial charge on any atom is 0.0284 e. The maximum atomic E-state index is 5.80. The Kier molecular flexibility index (Phi) is 4.74. The molecule has 0 radical (unpaired) electrons. The lowest BCUT2D eigenvalue weighted by Gasteiger charge is -2.11. The minimum atomic E-state index is -0.226. The van der Waals surface area contributed by atoms with E-state index in [1.165, 1.54) is 5.56 Å². The average Bonchev–Trinajstić information content (AvgIpc) is 2.02. The molecule has 0 aliphatic heterocycles. The van der Waals surface area contributed by atoms with Crippen LogP contribution in [0.2, 0.25) is 0 Å². The minimum absolute atomic E-state index is 0. The minimum Gasteiger partial charge on any atom is -0.322 e. The van der Waals surface area contributed by atoms with Gasteiger partial charge in [0.15, 0.2) is 0 Å². The molecule has 1 nitrogen and oxygen atoms in total. The largest absolute Gasteiger partial charge is 0.322 e. The van der Waals surface area contributed by atoms with Crippen molar-refractivity contribution in [3.8, 4) is 0 Å². The van der Waals surface area contributed by atoms with Gasteiger partial charge in [-0.05, 0) is 19.4 Å². The number of nitrogens with two attached hydrogens (primary N) is 1. The van der Waals surface area contributed by atoms with Crippen molar-refractivity contribution in [2.24, 2.45) is 5.73 Å². The first-order chi connectivity index (χ1) is 5.58. The molecule has 1 aromatic carbocycles. The van der Waals surface area contributed by atoms with Crippen LogP contribution < -0.4 is 5.73 Å². The van der Waals surface area contributed by atoms with Gasteiger partial charge in [0.25, 0.3) is 0 Å². The van der Waals surface area contributed by atoms with Gasteiger partial charge in [0.1, 0.15) is 0 Å². The van der Waals surface area contributed by atoms with Gasteiger partial charge in [-0.3, -0.25) is 0 Å². The molecule has 2 N–H and O–H groups in total. The van der Waals surface area contributed by atoms with Crippen molar-refractivity contribution in [1.82, 2.24) is 0 Å². The topological polar surface area (TPSA) is 26.0 Å². The first kappa shape index (κ1) is 12.2. The van der Waals surface area contributed by atoms with E-state index in [9.17, 15) is 0 Å². The summed E-state index contributed by atoms with van der Waals surface area (Å²) >= 11 is 0. The van der Waals surface area contributed by atoms with E-state index < -0.39 is 0 Å². The number of hydrogen-bond acceptors (Lipinski definition) is 1. The van der Waals surface area contributed by atoms with Gasteiger partial charge in [0.2, 0.25) is 0 Å². The van der Waals surface area contributed by atoms with Crippen molar-refractivity contribution in [3.05, 3.63) is 42.0 Å². The third kappa shape index (κ3) is 5.45. The monoisotopic (exact) mass is 197 g/mol. The van der Waals surface area contributed by atoms with Crippen molar-refractivity contribution in [1.29, 1.82) is 0 Å². The lowest BCUT2D eigenvalue weighted by molar-refractivity contribution is 0.657. The molecule has 0 bridgehead atoms. The molecule has 0 spiro atoms. The summed E-state index contributed by atoms with van der Waals surface area (Å²) in [6.45, 7) is 3.96. The Morgan fingerprint density at radius 2 is 1.69 bits per heavy atom. The van der Waals surface area contributed by atoms with Crippen LogP contribution in [-0.2, 0) is 0 Å². The summed E-state index contributed by atoms with van der Waals surface area (Å²) < 4.78 is 0. The summed E-state index contributed by atoms with van der Waals surface area (Å²) in [5.74, 6) is 0. The van der Waals surface area contributed by atoms with Crippen LogP contribution in [0.3, 0.4) is 0 Å². The Labute approximate surface area is 86.1 Å². The third-order valence-electron chi connectivity index (χ3n) is 1.50. The second kappa shape index (κ2) is 5.05. The van der Waals surface area contributed by atoms with Gasteiger partial charge in [-0.1, -0.05) is 42.5 Å². The molecule has 0 heterocycles. The molecule has 0 fully saturated rings. The molecular weight excluding hydrogens is 182 g/mol. The van der Waals surface area contributed by atoms with Crippen molar-refractivity contribution in [3.63, 3.8) is 0 Å². The molecule has 1 aromatic rings. The second-order valence-electron chi connectivity index (χ2n) is 3.57. The van der Waals surface area contributed by atoms with Crippen molar-refractivity contribution >= 4 is 18.5 Å². The number of benzene rings is 1. The van der Waals surface area contributed by atoms with E-state index in [-0.39, 0.29) is 17.9 Å². The zero-order valence-corrected chi connectivity index (χ0v) is 8.84. The van der Waals surface area contributed by atoms with E-state index in [0.29, 0.717) is 0 Å². The Bertz CT molecular complexity index is 259. The number of halogens is 1. The average molecular weight is 198 g/mol. The molecule has 0 atom stereocenters. The van der Waals surface area contributed by atoms with Crippen LogP contribution in [0.4, 0.5) is 0 Å². The van der Waals surface area contributed by atoms with E-state index in [2.05, 4.69) is 12.1 Å². The fourth-order valence-electron chi connectivity index (χ4n) is 0.875. The van der Waals surface area contributed by atoms with Gasteiger partial charge in [0.05, 0.1) is 0 Å². The lowest BCUT2D eigenvalue weighted by atomic mass is 10.1. The zero-order valence-electron chi connectivity index (χ0n) is 8.03. The Morgan fingerprint density at radius 1 is 1.15 bits per heavy atom. The van der Waals surface area contributed by atoms with Crippen LogP contribution in [0.1, 0.15) is 19.4 Å². The molecule has 0 aliphatic carbocycles. The first-order valence-electron chi connectivity index (χ1n) is 4.11. The fourth-order valence-corrected chi connectivity index (χ4v) is 0.875. The quantitative estimate of drug-likeness (QED) is 0.776. The van der Waals surface area contributed by atoms with E-state index in [1.54, 1.807) is 0 Å². The summed E-state index contributed by atoms with van der Waals surface area (Å²) in [6, 6.07) is 10.2. The highest BCUT2D eigenvalue weighted by Crippen LogP contribution is 2.05. The van der Waals surface area contributed by atoms with Crippen molar-refractivity contribution in [2.45, 2.75) is 19.4 Å². The highest BCUT2D eigenvalue weighted by atomic mass is 35.5. The third-order valence-corrected chi connectivity index (χ3v) is 1.50. The van der Waals surface area contributed by atoms with Crippen LogP contribution in [0.25, 0.3) is 6.08 Å². The fraction of sp³-hybridized carbons (Fsp3) is 0.273. The standard InChI is InChI=1S/C11H15N.ClH/c1-11(2,12)9-8-10-6-4-3-5-7-10;/h3-9H,12H2,1-2H3;1H/b9-8+;. The molecule has 0 aliphatic rings. The molecule has 0 aromatic heterocycles. The van der Waals surface area contributed by atoms with Crippen LogP contribution in [0.5, 0.6) is 0 Å². The van der Waals surface area contributed by atoms with Gasteiger partial charge >= 0.3 is 0 Å². The molecule has 0 unspecified atom stereocenters. The van der Waals surface area contributed by atoms with Crippen LogP contribution in [0, 0.1) is 0 Å². The van der Waals surface area contributed by atoms with Gasteiger partial charge in [-0.25, -0.2) is 0 Å². The number of rotatable bonds is 2. The lowest BCUT2D eigenvalue weighted by Crippen LogP contribution is -2.28. The van der Waals surface area contributed by atoms with Crippen LogP contribution in [0.15, 0.2) is 36.4 Å². The SMILES string of the molecule is CC(C)(N)/C=C/c1ccccc1.Cl. The maximum absolute atomic E-state index is 5.80. The highest BCUT2D eigenvalue weighted by molar-refractivity contribution is 5.85. The predicted molar refractivity (Wildman–Crippen MR) is 61.0 cm³/mol. The summed E-state index contributed by atoms with van der Waals surface area (Å²) in [7, 11) is 0. The van der Waals surface area contributed by atoms with E-state index in [4.69, 9.17) is 5.73 Å². The molecule has 0 amide bonds. The Balaban J connectivity index is 0.00000144. The molecule has 0 saturated carbocycles. The van der Waals surface area contributed by atoms with Gasteiger partial charge < -0.3 is 5.73 Å². The molecule has 72 valence electrons. The molecule has 1 rings (SSSR count). The molecule has 13 heavy (non-hydrogen) atoms. The van der Waals surface area contributed by atoms with Crippen LogP contribution in [-0.4, -0.2) is 5.54 Å². The Hall–Kier alpha value is -0.790. The van der Waals surface area contributed by atoms with Crippen LogP contribution >= 0.6 is 12.4 Å². The van der Waals surface area contributed by atoms with Gasteiger partial charge in [0, 0.05) is 5.54 Å². The molecule has 2 heteroatoms. The zero-order chi connectivity index (χ0) is 9.03. The summed E-state index contributed by atoms with van der Waals surface area (Å²) in [4.78, 5) is 0. The highest BCUT2D eigenvalue weighted by Gasteiger charge is 2.02. The molecular formula is C11H16ClN. The van der Waals surface area contributed by atoms with Crippen molar-refractivity contribution < 1.29 is 0 Å². The van der Waals surface area contributed by atoms with Gasteiger partial charge in [-0.15, -0.1) is 12.4 Å². The predicted octanol–water partition coefficient (Wildman–Crippen LogP) is 2.86. The first-order valence-corrected chi connectivity index (χ1v) is 4.11. The normalized spacial score (nSPS) is 11.3. The van der Waals surface area contributed by atoms with E-state index in [0.717, 1.165) is 0 Å². The van der Waals surface area contributed by atoms with Gasteiger partial charge in [-0.2, -0.15) is 0 Å². The summed E-state index contributed by atoms with van der Waals surface area (Å²) in [5.41, 5.74) is 6.76.